The van der Waals surface area contributed by atoms with Crippen LogP contribution in [0.1, 0.15) is 28.8 Å². The number of benzene rings is 1. The summed E-state index contributed by atoms with van der Waals surface area (Å²) in [6.45, 7) is 0.331. The van der Waals surface area contributed by atoms with Gasteiger partial charge in [-0.3, -0.25) is 19.7 Å². The zero-order valence-electron chi connectivity index (χ0n) is 17.0. The van der Waals surface area contributed by atoms with Gasteiger partial charge in [0, 0.05) is 24.1 Å². The zero-order valence-corrected chi connectivity index (χ0v) is 17.0. The number of aliphatic carboxylic acids is 1. The number of aromatic nitrogens is 2. The third-order valence-corrected chi connectivity index (χ3v) is 4.90. The number of fused-ring (bicyclic) bond motifs is 1. The maximum atomic E-state index is 12.7. The molecule has 1 aromatic heterocycles. The van der Waals surface area contributed by atoms with Crippen LogP contribution in [-0.4, -0.2) is 63.0 Å². The molecular formula is C20H17F3N4O6. The molecule has 2 aromatic rings. The number of halogens is 3. The van der Waals surface area contributed by atoms with Crippen LogP contribution in [0.2, 0.25) is 0 Å². The lowest BCUT2D eigenvalue weighted by molar-refractivity contribution is -0.192. The molecule has 3 amide bonds. The molecule has 2 N–H and O–H groups in total. The first-order valence-electron chi connectivity index (χ1n) is 9.45. The van der Waals surface area contributed by atoms with Crippen molar-refractivity contribution in [1.82, 2.24) is 20.2 Å². The fraction of sp³-hybridized carbons (Fsp3) is 0.300. The summed E-state index contributed by atoms with van der Waals surface area (Å²) in [5.74, 6) is -3.23. The van der Waals surface area contributed by atoms with Gasteiger partial charge in [0.25, 0.3) is 5.91 Å². The van der Waals surface area contributed by atoms with Gasteiger partial charge in [0.1, 0.15) is 6.04 Å². The highest BCUT2D eigenvalue weighted by Crippen LogP contribution is 2.30. The Morgan fingerprint density at radius 1 is 1.21 bits per heavy atom. The predicted octanol–water partition coefficient (Wildman–Crippen LogP) is 1.55. The summed E-state index contributed by atoms with van der Waals surface area (Å²) in [7, 11) is 1.52. The first-order chi connectivity index (χ1) is 15.5. The summed E-state index contributed by atoms with van der Waals surface area (Å²) < 4.78 is 36.7. The van der Waals surface area contributed by atoms with Crippen molar-refractivity contribution in [2.75, 3.05) is 7.11 Å². The van der Waals surface area contributed by atoms with E-state index in [4.69, 9.17) is 14.6 Å². The first-order valence-corrected chi connectivity index (χ1v) is 9.45. The molecule has 0 radical (unpaired) electrons. The Morgan fingerprint density at radius 3 is 2.45 bits per heavy atom. The van der Waals surface area contributed by atoms with Gasteiger partial charge < -0.3 is 14.7 Å². The molecule has 13 heteroatoms. The molecule has 3 heterocycles. The van der Waals surface area contributed by atoms with Crippen molar-refractivity contribution in [2.45, 2.75) is 31.6 Å². The van der Waals surface area contributed by atoms with Crippen LogP contribution in [0.5, 0.6) is 5.88 Å². The van der Waals surface area contributed by atoms with Gasteiger partial charge in [0.15, 0.2) is 0 Å². The van der Waals surface area contributed by atoms with Crippen molar-refractivity contribution < 1.29 is 42.2 Å². The number of rotatable bonds is 3. The Bertz CT molecular complexity index is 1100. The van der Waals surface area contributed by atoms with E-state index in [-0.39, 0.29) is 18.2 Å². The molecule has 33 heavy (non-hydrogen) atoms. The van der Waals surface area contributed by atoms with Crippen molar-refractivity contribution in [3.05, 3.63) is 41.7 Å². The van der Waals surface area contributed by atoms with Gasteiger partial charge >= 0.3 is 12.1 Å². The summed E-state index contributed by atoms with van der Waals surface area (Å²) >= 11 is 0. The number of carbonyl (C=O) groups excluding carboxylic acids is 3. The van der Waals surface area contributed by atoms with Gasteiger partial charge in [0.2, 0.25) is 17.7 Å². The standard InChI is InChI=1S/C18H16N4O4.C2HF3O2/c1-26-16-8-19-13(7-20-16)10-2-3-12-11(6-10)9-22(18(12)25)14-4-5-15(23)21-17(14)24;3-2(4,5)1(6)7/h2-3,6-8,14H,4-5,9H2,1H3,(H,21,23,24);(H,6,7). The minimum absolute atomic E-state index is 0.193. The van der Waals surface area contributed by atoms with Crippen LogP contribution in [0.3, 0.4) is 0 Å². The van der Waals surface area contributed by atoms with Crippen LogP contribution in [0.4, 0.5) is 13.2 Å². The molecule has 1 atom stereocenters. The number of nitrogens with one attached hydrogen (secondary N) is 1. The highest BCUT2D eigenvalue weighted by molar-refractivity contribution is 6.05. The van der Waals surface area contributed by atoms with Gasteiger partial charge in [-0.05, 0) is 24.1 Å². The van der Waals surface area contributed by atoms with E-state index in [1.54, 1.807) is 18.3 Å². The van der Waals surface area contributed by atoms with Crippen LogP contribution >= 0.6 is 0 Å². The Hall–Kier alpha value is -4.03. The Balaban J connectivity index is 0.000000383. The topological polar surface area (TPSA) is 139 Å². The van der Waals surface area contributed by atoms with Crippen molar-refractivity contribution in [1.29, 1.82) is 0 Å². The minimum atomic E-state index is -5.08. The lowest BCUT2D eigenvalue weighted by Gasteiger charge is -2.29. The number of carboxylic acid groups (broad SMARTS) is 1. The molecule has 2 aliphatic heterocycles. The molecule has 0 saturated carbocycles. The molecule has 4 rings (SSSR count). The van der Waals surface area contributed by atoms with E-state index in [2.05, 4.69) is 15.3 Å². The maximum Gasteiger partial charge on any atom is 0.490 e. The number of methoxy groups -OCH3 is 1. The summed E-state index contributed by atoms with van der Waals surface area (Å²) in [5, 5.41) is 9.42. The molecule has 0 bridgehead atoms. The van der Waals surface area contributed by atoms with Gasteiger partial charge in [-0.1, -0.05) is 6.07 Å². The Morgan fingerprint density at radius 2 is 1.91 bits per heavy atom. The summed E-state index contributed by atoms with van der Waals surface area (Å²) in [6.07, 6.45) is -1.36. The van der Waals surface area contributed by atoms with E-state index >= 15 is 0 Å². The average molecular weight is 466 g/mol. The SMILES string of the molecule is COc1cnc(-c2ccc3c(c2)CN(C2CCC(=O)NC2=O)C3=O)cn1.O=C(O)C(F)(F)F. The van der Waals surface area contributed by atoms with Crippen LogP contribution in [-0.2, 0) is 20.9 Å². The highest BCUT2D eigenvalue weighted by Gasteiger charge is 2.39. The van der Waals surface area contributed by atoms with E-state index in [0.29, 0.717) is 30.1 Å². The number of piperidine rings is 1. The van der Waals surface area contributed by atoms with Gasteiger partial charge in [-0.25, -0.2) is 14.8 Å². The second-order valence-electron chi connectivity index (χ2n) is 7.02. The molecular weight excluding hydrogens is 449 g/mol. The van der Waals surface area contributed by atoms with Crippen molar-refractivity contribution >= 4 is 23.7 Å². The van der Waals surface area contributed by atoms with Gasteiger partial charge in [-0.15, -0.1) is 0 Å². The van der Waals surface area contributed by atoms with E-state index < -0.39 is 24.1 Å². The second-order valence-corrected chi connectivity index (χ2v) is 7.02. The molecule has 1 fully saturated rings. The number of alkyl halides is 3. The number of imide groups is 1. The molecule has 2 aliphatic rings. The molecule has 1 saturated heterocycles. The van der Waals surface area contributed by atoms with E-state index in [0.717, 1.165) is 11.1 Å². The first kappa shape index (κ1) is 23.6. The van der Waals surface area contributed by atoms with Crippen LogP contribution < -0.4 is 10.1 Å². The van der Waals surface area contributed by atoms with Gasteiger partial charge in [-0.2, -0.15) is 13.2 Å². The average Bonchev–Trinajstić information content (AvgIpc) is 3.09. The van der Waals surface area contributed by atoms with Gasteiger partial charge in [0.05, 0.1) is 25.2 Å². The van der Waals surface area contributed by atoms with Crippen molar-refractivity contribution in [3.8, 4) is 17.1 Å². The molecule has 10 nitrogen and oxygen atoms in total. The largest absolute Gasteiger partial charge is 0.490 e. The summed E-state index contributed by atoms with van der Waals surface area (Å²) in [4.78, 5) is 54.9. The molecule has 1 unspecified atom stereocenters. The third kappa shape index (κ3) is 5.25. The fourth-order valence-corrected chi connectivity index (χ4v) is 3.30. The number of hydrogen-bond donors (Lipinski definition) is 2. The number of ether oxygens (including phenoxy) is 1. The molecule has 0 aliphatic carbocycles. The number of carbonyl (C=O) groups is 4. The zero-order chi connectivity index (χ0) is 24.3. The monoisotopic (exact) mass is 466 g/mol. The fourth-order valence-electron chi connectivity index (χ4n) is 3.30. The van der Waals surface area contributed by atoms with E-state index in [1.807, 2.05) is 6.07 Å². The van der Waals surface area contributed by atoms with Crippen LogP contribution in [0.15, 0.2) is 30.6 Å². The Labute approximate surface area is 184 Å². The number of hydrogen-bond acceptors (Lipinski definition) is 7. The summed E-state index contributed by atoms with van der Waals surface area (Å²) in [5.41, 5.74) is 2.90. The van der Waals surface area contributed by atoms with Crippen LogP contribution in [0.25, 0.3) is 11.3 Å². The number of amides is 3. The van der Waals surface area contributed by atoms with E-state index in [1.165, 1.54) is 18.2 Å². The maximum absolute atomic E-state index is 12.7. The smallest absolute Gasteiger partial charge is 0.480 e. The quantitative estimate of drug-likeness (QED) is 0.650. The molecule has 0 spiro atoms. The lowest BCUT2D eigenvalue weighted by Crippen LogP contribution is -2.52. The Kier molecular flexibility index (Phi) is 6.60. The van der Waals surface area contributed by atoms with E-state index in [9.17, 15) is 27.6 Å². The van der Waals surface area contributed by atoms with Crippen LogP contribution in [0, 0.1) is 0 Å². The summed E-state index contributed by atoms with van der Waals surface area (Å²) in [6, 6.07) is 4.82. The lowest BCUT2D eigenvalue weighted by atomic mass is 10.0. The number of nitrogens with zero attached hydrogens (tertiary/aromatic N) is 3. The molecule has 1 aromatic carbocycles. The minimum Gasteiger partial charge on any atom is -0.480 e. The molecule has 174 valence electrons. The highest BCUT2D eigenvalue weighted by atomic mass is 19.4. The normalized spacial score (nSPS) is 17.6. The van der Waals surface area contributed by atoms with Crippen molar-refractivity contribution in [3.63, 3.8) is 0 Å². The third-order valence-electron chi connectivity index (χ3n) is 4.90. The van der Waals surface area contributed by atoms with Crippen molar-refractivity contribution in [2.24, 2.45) is 0 Å². The number of carboxylic acids is 1. The second kappa shape index (κ2) is 9.22. The predicted molar refractivity (Wildman–Crippen MR) is 104 cm³/mol.